The minimum absolute atomic E-state index is 0.0437. The van der Waals surface area contributed by atoms with E-state index in [9.17, 15) is 131 Å². The largest absolute Gasteiger partial charge is 0.480 e. The van der Waals surface area contributed by atoms with E-state index in [-0.39, 0.29) is 95.0 Å². The summed E-state index contributed by atoms with van der Waals surface area (Å²) in [4.78, 5) is 298. The molecule has 0 bridgehead atoms. The summed E-state index contributed by atoms with van der Waals surface area (Å²) >= 11 is 0. The standard InChI is InChI=1S/C88H142N30O27/c1-40(2)26-53(71(129)100-34-65(127)115-68(42(5)6)82(140)102-35-66(128)116-69(43(7)8)83(141)111-56(29-47-32-96-39-103-47)79(137)117-70(45(10)123)84(142)110-54(27-41(3)4)76(134)114-60(38-121)85(143)118-25-15-20-61(118)86(144)145)108-77(135)55(28-46-31-99-49-17-12-11-16-48(46)49)104-64(126)33-101-72(130)58(36-119)112-80(138)59(37-120)113-74(132)51(19-14-24-98-88(94)95)105-73(131)50(18-13-23-97-87(92)93)106-75(133)52(21-22-62(89)124)107-78(136)57(30-63(90)125)109-81(139)67(91)44(9)122/h11-12,16-17,31-32,39-45,50-61,67-70,99,119-123H,13-15,18-30,33-38,91H2,1-10H3,(H2,89,124)(H2,90,125)(H,96,103)(H,100,129)(H,101,130)(H,102,140)(H,104,126)(H,105,131)(H,106,133)(H,107,136)(H,108,135)(H,109,139)(H,110,142)(H,111,141)(H,112,138)(H,113,132)(H,114,134)(H,115,127)(H,116,128)(H,117,137)(H,144,145)(H4,92,93,97)(H4,94,95,98)/t44-,45-,50+,51+,52+,53+,54+,55+,56+,57+,58+,59+,60+,61+,67+,68+,69+,70+/m1/s1. The Kier molecular flexibility index (Phi) is 51.7. The number of carbonyl (C=O) groups is 21. The quantitative estimate of drug-likeness (QED) is 0.0142. The van der Waals surface area contributed by atoms with Crippen molar-refractivity contribution in [3.63, 3.8) is 0 Å². The highest BCUT2D eigenvalue weighted by molar-refractivity contribution is 6.02. The van der Waals surface area contributed by atoms with Crippen LogP contribution in [-0.4, -0.2) is 354 Å². The number of rotatable bonds is 64. The first-order chi connectivity index (χ1) is 68.2. The van der Waals surface area contributed by atoms with Crippen LogP contribution in [0, 0.1) is 34.5 Å². The number of likely N-dealkylation sites (tertiary alicyclic amines) is 1. The molecule has 0 unspecified atom stereocenters. The van der Waals surface area contributed by atoms with Crippen molar-refractivity contribution in [1.29, 1.82) is 10.8 Å². The van der Waals surface area contributed by atoms with Crippen molar-refractivity contribution in [2.24, 2.45) is 52.3 Å². The lowest BCUT2D eigenvalue weighted by atomic mass is 10.0. The monoisotopic (exact) mass is 2050 g/mol. The number of nitrogens with two attached hydrogens (primary N) is 5. The number of nitrogens with one attached hydrogen (secondary N) is 23. The fraction of sp³-hybridized carbons (Fsp3) is 0.614. The molecule has 2 aromatic heterocycles. The molecular formula is C88H142N30O27. The van der Waals surface area contributed by atoms with Gasteiger partial charge in [-0.2, -0.15) is 0 Å². The number of aliphatic hydroxyl groups excluding tert-OH is 5. The number of para-hydroxylation sites is 1. The first-order valence-corrected chi connectivity index (χ1v) is 47.0. The first-order valence-electron chi connectivity index (χ1n) is 47.0. The maximum absolute atomic E-state index is 14.6. The van der Waals surface area contributed by atoms with Crippen LogP contribution < -0.4 is 130 Å². The number of nitrogens with zero attached hydrogens (tertiary/aromatic N) is 2. The van der Waals surface area contributed by atoms with Crippen LogP contribution in [0.4, 0.5) is 0 Å². The Labute approximate surface area is 833 Å². The Morgan fingerprint density at radius 1 is 0.434 bits per heavy atom. The van der Waals surface area contributed by atoms with Gasteiger partial charge < -0.3 is 175 Å². The van der Waals surface area contributed by atoms with E-state index in [1.165, 1.54) is 12.5 Å². The van der Waals surface area contributed by atoms with Gasteiger partial charge in [-0.3, -0.25) is 107 Å². The SMILES string of the molecule is CC(C)C[C@H](NC(=O)[C@H](Cc1c[nH]c2ccccc12)NC(=O)CNC(=O)[C@H](CO)NC(=O)[C@H](CO)NC(=O)[C@H](CCCNC(=N)N)NC(=O)[C@H](CCCNC(=N)N)NC(=O)[C@H](CCC(N)=O)NC(=O)[C@H](CC(N)=O)NC(=O)[C@@H](N)[C@@H](C)O)C(=O)NCC(=O)N[C@H](C(=O)NCC(=O)N[C@H](C(=O)N[C@@H](Cc1cnc[nH]1)C(=O)N[C@H](C(=O)N[C@@H](CC(C)C)C(=O)N[C@@H](CO)C(=O)N1CCC[C@H]1C(=O)O)[C@@H](C)O)C(C)C)C(C)C. The second kappa shape index (κ2) is 61.2. The predicted molar refractivity (Wildman–Crippen MR) is 514 cm³/mol. The van der Waals surface area contributed by atoms with E-state index in [0.29, 0.717) is 22.9 Å². The number of aliphatic carboxylic acids is 1. The molecule has 57 heteroatoms. The van der Waals surface area contributed by atoms with Crippen molar-refractivity contribution < 1.29 is 131 Å². The molecule has 3 aromatic rings. The Morgan fingerprint density at radius 2 is 0.841 bits per heavy atom. The maximum atomic E-state index is 14.6. The molecule has 1 aliphatic rings. The van der Waals surface area contributed by atoms with Crippen LogP contribution in [0.15, 0.2) is 43.0 Å². The van der Waals surface area contributed by atoms with E-state index >= 15 is 0 Å². The molecule has 0 radical (unpaired) electrons. The highest BCUT2D eigenvalue weighted by Crippen LogP contribution is 2.22. The highest BCUT2D eigenvalue weighted by Gasteiger charge is 2.43. The summed E-state index contributed by atoms with van der Waals surface area (Å²) in [7, 11) is 0. The van der Waals surface area contributed by atoms with Crippen molar-refractivity contribution in [3.05, 3.63) is 54.2 Å². The normalized spacial score (nSPS) is 15.8. The molecular weight excluding hydrogens is 1910 g/mol. The number of carbonyl (C=O) groups excluding carboxylic acids is 20. The molecule has 18 atom stereocenters. The second-order valence-electron chi connectivity index (χ2n) is 36.3. The van der Waals surface area contributed by atoms with E-state index < -0.39 is 315 Å². The topological polar surface area (TPSA) is 934 Å². The van der Waals surface area contributed by atoms with Gasteiger partial charge in [0, 0.05) is 67.9 Å². The van der Waals surface area contributed by atoms with Crippen LogP contribution in [-0.2, 0) is 114 Å². The molecule has 4 rings (SSSR count). The van der Waals surface area contributed by atoms with E-state index in [0.717, 1.165) is 18.7 Å². The lowest BCUT2D eigenvalue weighted by molar-refractivity contribution is -0.150. The van der Waals surface area contributed by atoms with Crippen LogP contribution in [0.5, 0.6) is 0 Å². The molecule has 39 N–H and O–H groups in total. The zero-order chi connectivity index (χ0) is 109. The van der Waals surface area contributed by atoms with Crippen molar-refractivity contribution in [2.75, 3.05) is 59.1 Å². The summed E-state index contributed by atoms with van der Waals surface area (Å²) in [5.41, 5.74) is 28.7. The van der Waals surface area contributed by atoms with Crippen LogP contribution in [0.3, 0.4) is 0 Å². The van der Waals surface area contributed by atoms with Crippen LogP contribution in [0.1, 0.15) is 151 Å². The molecule has 3 heterocycles. The van der Waals surface area contributed by atoms with Crippen LogP contribution in [0.25, 0.3) is 10.9 Å². The molecule has 20 amide bonds. The number of carboxylic acid groups (broad SMARTS) is 1. The number of aromatic nitrogens is 3. The van der Waals surface area contributed by atoms with E-state index in [1.807, 2.05) is 0 Å². The van der Waals surface area contributed by atoms with Gasteiger partial charge in [-0.05, 0) is 107 Å². The number of benzene rings is 1. The molecule has 1 saturated heterocycles. The number of primary amides is 2. The van der Waals surface area contributed by atoms with Crippen molar-refractivity contribution in [1.82, 2.24) is 121 Å². The number of hydrogen-bond donors (Lipinski definition) is 34. The molecule has 57 nitrogen and oxygen atoms in total. The average Bonchev–Trinajstić information content (AvgIpc) is 1.52. The summed E-state index contributed by atoms with van der Waals surface area (Å²) in [5, 5.41) is 123. The van der Waals surface area contributed by atoms with Gasteiger partial charge in [-0.25, -0.2) is 9.78 Å². The van der Waals surface area contributed by atoms with Gasteiger partial charge >= 0.3 is 5.97 Å². The van der Waals surface area contributed by atoms with Gasteiger partial charge in [-0.15, -0.1) is 0 Å². The van der Waals surface area contributed by atoms with Gasteiger partial charge in [0.2, 0.25) is 118 Å². The second-order valence-corrected chi connectivity index (χ2v) is 36.3. The molecule has 806 valence electrons. The van der Waals surface area contributed by atoms with Gasteiger partial charge in [0.1, 0.15) is 96.7 Å². The number of aliphatic hydroxyl groups is 5. The number of carboxylic acids is 1. The number of aromatic amines is 2. The fourth-order valence-corrected chi connectivity index (χ4v) is 14.8. The molecule has 145 heavy (non-hydrogen) atoms. The van der Waals surface area contributed by atoms with Crippen molar-refractivity contribution >= 4 is 147 Å². The summed E-state index contributed by atoms with van der Waals surface area (Å²) in [6.45, 7) is 9.21. The van der Waals surface area contributed by atoms with Gasteiger partial charge in [-0.1, -0.05) is 73.6 Å². The molecule has 0 aliphatic carbocycles. The van der Waals surface area contributed by atoms with Crippen LogP contribution >= 0.6 is 0 Å². The molecule has 1 fully saturated rings. The average molecular weight is 2050 g/mol. The number of H-pyrrole nitrogens is 2. The Bertz CT molecular complexity index is 4980. The maximum Gasteiger partial charge on any atom is 0.326 e. The number of hydrogen-bond acceptors (Lipinski definition) is 30. The zero-order valence-corrected chi connectivity index (χ0v) is 82.3. The third-order valence-electron chi connectivity index (χ3n) is 22.6. The third kappa shape index (κ3) is 42.3. The summed E-state index contributed by atoms with van der Waals surface area (Å²) in [6, 6.07) is -19.2. The minimum atomic E-state index is -2.00. The molecule has 0 saturated carbocycles. The van der Waals surface area contributed by atoms with E-state index in [4.69, 9.17) is 39.5 Å². The number of imidazole rings is 1. The Balaban J connectivity index is 1.47. The van der Waals surface area contributed by atoms with E-state index in [2.05, 4.69) is 116 Å². The summed E-state index contributed by atoms with van der Waals surface area (Å²) in [5.74, 6) is -25.6. The first kappa shape index (κ1) is 122. The number of fused-ring (bicyclic) bond motifs is 1. The molecule has 1 aromatic carbocycles. The Hall–Kier alpha value is -14.9. The van der Waals surface area contributed by atoms with Crippen LogP contribution in [0.2, 0.25) is 0 Å². The number of guanidine groups is 2. The minimum Gasteiger partial charge on any atom is -0.480 e. The summed E-state index contributed by atoms with van der Waals surface area (Å²) < 4.78 is 0. The Morgan fingerprint density at radius 3 is 1.32 bits per heavy atom. The fourth-order valence-electron chi connectivity index (χ4n) is 14.8. The van der Waals surface area contributed by atoms with Crippen molar-refractivity contribution in [3.8, 4) is 0 Å². The lowest BCUT2D eigenvalue weighted by Crippen LogP contribution is -2.62. The third-order valence-corrected chi connectivity index (χ3v) is 22.6. The van der Waals surface area contributed by atoms with Gasteiger partial charge in [0.05, 0.1) is 64.4 Å². The smallest absolute Gasteiger partial charge is 0.326 e. The zero-order valence-electron chi connectivity index (χ0n) is 82.3. The summed E-state index contributed by atoms with van der Waals surface area (Å²) in [6.07, 6.45) is -2.07. The number of amides is 20. The van der Waals surface area contributed by atoms with Gasteiger partial charge in [0.25, 0.3) is 0 Å². The molecule has 1 aliphatic heterocycles. The van der Waals surface area contributed by atoms with Gasteiger partial charge in [0.15, 0.2) is 11.9 Å². The highest BCUT2D eigenvalue weighted by atomic mass is 16.4. The van der Waals surface area contributed by atoms with Crippen molar-refractivity contribution in [2.45, 2.75) is 262 Å². The predicted octanol–water partition coefficient (Wildman–Crippen LogP) is -13.0. The van der Waals surface area contributed by atoms with E-state index in [1.54, 1.807) is 85.9 Å². The molecule has 0 spiro atoms. The lowest BCUT2D eigenvalue weighted by Gasteiger charge is -2.30.